The quantitative estimate of drug-likeness (QED) is 0.745. The van der Waals surface area contributed by atoms with Gasteiger partial charge in [-0.25, -0.2) is 4.39 Å². The number of amides is 2. The molecule has 1 aliphatic rings. The zero-order chi connectivity index (χ0) is 19.8. The number of nitrogens with zero attached hydrogens (tertiary/aromatic N) is 2. The van der Waals surface area contributed by atoms with Crippen molar-refractivity contribution in [3.8, 4) is 0 Å². The van der Waals surface area contributed by atoms with Crippen LogP contribution in [-0.2, 0) is 4.79 Å². The van der Waals surface area contributed by atoms with Gasteiger partial charge >= 0.3 is 0 Å². The number of aryl methyl sites for hydroxylation is 2. The van der Waals surface area contributed by atoms with Crippen molar-refractivity contribution < 1.29 is 14.0 Å². The van der Waals surface area contributed by atoms with Crippen LogP contribution in [0, 0.1) is 19.7 Å². The highest BCUT2D eigenvalue weighted by molar-refractivity contribution is 6.01. The largest absolute Gasteiger partial charge is 0.352 e. The van der Waals surface area contributed by atoms with Crippen molar-refractivity contribution in [2.45, 2.75) is 19.9 Å². The Morgan fingerprint density at radius 3 is 2.79 bits per heavy atom. The van der Waals surface area contributed by atoms with E-state index >= 15 is 0 Å². The summed E-state index contributed by atoms with van der Waals surface area (Å²) in [7, 11) is 0. The van der Waals surface area contributed by atoms with Crippen LogP contribution in [0.25, 0.3) is 10.9 Å². The van der Waals surface area contributed by atoms with Crippen LogP contribution in [0.3, 0.4) is 0 Å². The molecule has 0 saturated carbocycles. The predicted octanol–water partition coefficient (Wildman–Crippen LogP) is 3.30. The van der Waals surface area contributed by atoms with E-state index in [0.717, 1.165) is 16.5 Å². The average Bonchev–Trinajstić information content (AvgIpc) is 2.67. The lowest BCUT2D eigenvalue weighted by Gasteiger charge is -2.35. The van der Waals surface area contributed by atoms with Crippen LogP contribution in [0.15, 0.2) is 48.5 Å². The van der Waals surface area contributed by atoms with E-state index in [1.165, 1.54) is 17.0 Å². The first kappa shape index (κ1) is 18.1. The molecular formula is C22H20FN3O2. The molecule has 0 spiro atoms. The first-order valence-corrected chi connectivity index (χ1v) is 9.16. The van der Waals surface area contributed by atoms with Crippen molar-refractivity contribution in [3.63, 3.8) is 0 Å². The molecule has 2 amide bonds. The van der Waals surface area contributed by atoms with Gasteiger partial charge in [0.15, 0.2) is 0 Å². The number of aromatic nitrogens is 1. The third-order valence-electron chi connectivity index (χ3n) is 5.03. The van der Waals surface area contributed by atoms with E-state index in [1.54, 1.807) is 19.1 Å². The minimum atomic E-state index is -0.871. The van der Waals surface area contributed by atoms with Crippen molar-refractivity contribution in [2.24, 2.45) is 0 Å². The molecule has 1 fully saturated rings. The maximum absolute atomic E-state index is 13.7. The summed E-state index contributed by atoms with van der Waals surface area (Å²) in [6, 6.07) is 12.6. The number of piperazine rings is 1. The summed E-state index contributed by atoms with van der Waals surface area (Å²) in [6.07, 6.45) is 0. The molecule has 1 aliphatic heterocycles. The normalized spacial score (nSPS) is 16.9. The number of pyridine rings is 1. The number of hydrogen-bond donors (Lipinski definition) is 1. The fraction of sp³-hybridized carbons (Fsp3) is 0.227. The first-order chi connectivity index (χ1) is 13.4. The van der Waals surface area contributed by atoms with Crippen LogP contribution in [0.4, 0.5) is 4.39 Å². The van der Waals surface area contributed by atoms with Gasteiger partial charge in [-0.3, -0.25) is 14.6 Å². The molecule has 28 heavy (non-hydrogen) atoms. The minimum Gasteiger partial charge on any atom is -0.352 e. The number of carbonyl (C=O) groups is 2. The van der Waals surface area contributed by atoms with E-state index in [2.05, 4.69) is 10.3 Å². The van der Waals surface area contributed by atoms with Crippen LogP contribution >= 0.6 is 0 Å². The fourth-order valence-electron chi connectivity index (χ4n) is 3.66. The molecule has 1 aromatic heterocycles. The predicted molar refractivity (Wildman–Crippen MR) is 104 cm³/mol. The second-order valence-corrected chi connectivity index (χ2v) is 7.06. The Bertz CT molecular complexity index is 1100. The van der Waals surface area contributed by atoms with E-state index in [1.807, 2.05) is 31.2 Å². The molecule has 2 aromatic carbocycles. The molecule has 3 aromatic rings. The molecule has 142 valence electrons. The van der Waals surface area contributed by atoms with Crippen LogP contribution in [0.5, 0.6) is 0 Å². The van der Waals surface area contributed by atoms with E-state index in [9.17, 15) is 14.0 Å². The molecule has 1 N–H and O–H groups in total. The summed E-state index contributed by atoms with van der Waals surface area (Å²) < 4.78 is 13.7. The van der Waals surface area contributed by atoms with E-state index in [-0.39, 0.29) is 11.8 Å². The lowest BCUT2D eigenvalue weighted by Crippen LogP contribution is -2.52. The van der Waals surface area contributed by atoms with Crippen LogP contribution in [-0.4, -0.2) is 34.8 Å². The van der Waals surface area contributed by atoms with Gasteiger partial charge in [0.25, 0.3) is 5.91 Å². The highest BCUT2D eigenvalue weighted by Gasteiger charge is 2.35. The second kappa shape index (κ2) is 7.03. The number of hydrogen-bond acceptors (Lipinski definition) is 3. The van der Waals surface area contributed by atoms with Gasteiger partial charge in [-0.1, -0.05) is 23.8 Å². The zero-order valence-electron chi connectivity index (χ0n) is 15.7. The summed E-state index contributed by atoms with van der Waals surface area (Å²) >= 11 is 0. The summed E-state index contributed by atoms with van der Waals surface area (Å²) in [5, 5.41) is 3.64. The van der Waals surface area contributed by atoms with Crippen LogP contribution < -0.4 is 5.32 Å². The highest BCUT2D eigenvalue weighted by Crippen LogP contribution is 2.27. The molecule has 2 heterocycles. The Morgan fingerprint density at radius 2 is 2.00 bits per heavy atom. The van der Waals surface area contributed by atoms with Gasteiger partial charge in [0.05, 0.1) is 16.8 Å². The summed E-state index contributed by atoms with van der Waals surface area (Å²) in [4.78, 5) is 32.0. The molecule has 4 rings (SSSR count). The molecular weight excluding hydrogens is 357 g/mol. The number of benzene rings is 2. The monoisotopic (exact) mass is 377 g/mol. The molecule has 0 unspecified atom stereocenters. The summed E-state index contributed by atoms with van der Waals surface area (Å²) in [5.74, 6) is -1.03. The number of carbonyl (C=O) groups excluding carboxylic acids is 2. The van der Waals surface area contributed by atoms with Crippen molar-refractivity contribution in [3.05, 3.63) is 76.7 Å². The Balaban J connectivity index is 1.77. The number of rotatable bonds is 2. The van der Waals surface area contributed by atoms with Crippen LogP contribution in [0.1, 0.15) is 33.2 Å². The second-order valence-electron chi connectivity index (χ2n) is 7.06. The Labute approximate surface area is 162 Å². The fourth-order valence-corrected chi connectivity index (χ4v) is 3.66. The molecule has 1 atom stereocenters. The highest BCUT2D eigenvalue weighted by atomic mass is 19.1. The topological polar surface area (TPSA) is 62.3 Å². The van der Waals surface area contributed by atoms with Gasteiger partial charge in [0.2, 0.25) is 5.91 Å². The Hall–Kier alpha value is -3.28. The molecule has 0 bridgehead atoms. The lowest BCUT2D eigenvalue weighted by atomic mass is 10.00. The zero-order valence-corrected chi connectivity index (χ0v) is 15.7. The van der Waals surface area contributed by atoms with Crippen molar-refractivity contribution in [1.82, 2.24) is 15.2 Å². The first-order valence-electron chi connectivity index (χ1n) is 9.16. The number of nitrogens with one attached hydrogen (secondary N) is 1. The van der Waals surface area contributed by atoms with Gasteiger partial charge < -0.3 is 10.2 Å². The molecule has 0 radical (unpaired) electrons. The van der Waals surface area contributed by atoms with Gasteiger partial charge in [0, 0.05) is 18.5 Å². The standard InChI is InChI=1S/C22H20FN3O2/c1-13-6-7-19-16(10-13)12-18(14(2)25-19)22(28)26-9-8-24-21(27)20(26)15-4-3-5-17(23)11-15/h3-7,10-12,20H,8-9H2,1-2H3,(H,24,27)/t20-/m0/s1. The SMILES string of the molecule is Cc1ccc2nc(C)c(C(=O)N3CCNC(=O)[C@@H]3c3cccc(F)c3)cc2c1. The maximum Gasteiger partial charge on any atom is 0.256 e. The van der Waals surface area contributed by atoms with Gasteiger partial charge in [-0.2, -0.15) is 0 Å². The molecule has 6 heteroatoms. The molecule has 1 saturated heterocycles. The van der Waals surface area contributed by atoms with Gasteiger partial charge in [0.1, 0.15) is 11.9 Å². The minimum absolute atomic E-state index is 0.280. The van der Waals surface area contributed by atoms with Crippen molar-refractivity contribution in [1.29, 1.82) is 0 Å². The molecule has 5 nitrogen and oxygen atoms in total. The van der Waals surface area contributed by atoms with Gasteiger partial charge in [-0.15, -0.1) is 0 Å². The summed E-state index contributed by atoms with van der Waals surface area (Å²) in [5.41, 5.74) is 3.40. The number of halogens is 1. The third kappa shape index (κ3) is 3.22. The average molecular weight is 377 g/mol. The third-order valence-corrected chi connectivity index (χ3v) is 5.03. The number of fused-ring (bicyclic) bond motifs is 1. The molecule has 0 aliphatic carbocycles. The maximum atomic E-state index is 13.7. The lowest BCUT2D eigenvalue weighted by molar-refractivity contribution is -0.128. The van der Waals surface area contributed by atoms with Crippen molar-refractivity contribution >= 4 is 22.7 Å². The Morgan fingerprint density at radius 1 is 1.18 bits per heavy atom. The van der Waals surface area contributed by atoms with Gasteiger partial charge in [-0.05, 0) is 49.7 Å². The smallest absolute Gasteiger partial charge is 0.256 e. The summed E-state index contributed by atoms with van der Waals surface area (Å²) in [6.45, 7) is 4.47. The van der Waals surface area contributed by atoms with Crippen molar-refractivity contribution in [2.75, 3.05) is 13.1 Å². The van der Waals surface area contributed by atoms with Crippen LogP contribution in [0.2, 0.25) is 0 Å². The van der Waals surface area contributed by atoms with E-state index in [0.29, 0.717) is 29.9 Å². The Kier molecular flexibility index (Phi) is 4.55. The van der Waals surface area contributed by atoms with E-state index < -0.39 is 11.9 Å². The van der Waals surface area contributed by atoms with E-state index in [4.69, 9.17) is 0 Å².